The number of aryl methyl sites for hydroxylation is 1. The van der Waals surface area contributed by atoms with Crippen LogP contribution in [0.1, 0.15) is 31.9 Å². The van der Waals surface area contributed by atoms with Crippen LogP contribution in [0.3, 0.4) is 0 Å². The number of hydrogen-bond acceptors (Lipinski definition) is 1. The summed E-state index contributed by atoms with van der Waals surface area (Å²) in [5.41, 5.74) is 9.49. The van der Waals surface area contributed by atoms with Crippen LogP contribution in [0.25, 0.3) is 76.5 Å². The maximum Gasteiger partial charge on any atom is 0.143 e. The fraction of sp³-hybridized carbons (Fsp3) is 0.128. The predicted octanol–water partition coefficient (Wildman–Crippen LogP) is 11.4. The van der Waals surface area contributed by atoms with Gasteiger partial charge < -0.3 is 4.42 Å². The monoisotopic (exact) mass is 514 g/mol. The van der Waals surface area contributed by atoms with E-state index >= 15 is 0 Å². The Morgan fingerprint density at radius 2 is 1.18 bits per heavy atom. The fourth-order valence-electron chi connectivity index (χ4n) is 6.57. The summed E-state index contributed by atoms with van der Waals surface area (Å²) >= 11 is 0. The Bertz CT molecular complexity index is 2220. The number of rotatable bonds is 2. The Hall–Kier alpha value is -4.62. The lowest BCUT2D eigenvalue weighted by Gasteiger charge is -2.22. The molecule has 0 atom stereocenters. The molecule has 8 rings (SSSR count). The molecule has 8 aromatic rings. The molecular weight excluding hydrogens is 484 g/mol. The van der Waals surface area contributed by atoms with E-state index < -0.39 is 0 Å². The van der Waals surface area contributed by atoms with Crippen molar-refractivity contribution in [1.82, 2.24) is 0 Å². The van der Waals surface area contributed by atoms with E-state index in [2.05, 4.69) is 125 Å². The van der Waals surface area contributed by atoms with Crippen molar-refractivity contribution in [3.05, 3.63) is 120 Å². The van der Waals surface area contributed by atoms with Crippen LogP contribution in [0.5, 0.6) is 0 Å². The summed E-state index contributed by atoms with van der Waals surface area (Å²) in [6.07, 6.45) is 0. The molecule has 0 unspecified atom stereocenters. The van der Waals surface area contributed by atoms with Gasteiger partial charge >= 0.3 is 0 Å². The molecule has 192 valence electrons. The summed E-state index contributed by atoms with van der Waals surface area (Å²) in [6, 6.07) is 40.1. The molecule has 1 aromatic heterocycles. The van der Waals surface area contributed by atoms with Gasteiger partial charge in [0, 0.05) is 16.3 Å². The summed E-state index contributed by atoms with van der Waals surface area (Å²) in [5, 5.41) is 10.4. The lowest BCUT2D eigenvalue weighted by atomic mass is 9.82. The first kappa shape index (κ1) is 23.3. The van der Waals surface area contributed by atoms with Gasteiger partial charge in [-0.1, -0.05) is 124 Å². The summed E-state index contributed by atoms with van der Waals surface area (Å²) in [5.74, 6) is 0. The zero-order valence-electron chi connectivity index (χ0n) is 23.3. The molecule has 0 bridgehead atoms. The van der Waals surface area contributed by atoms with Gasteiger partial charge in [-0.05, 0) is 78.5 Å². The molecule has 7 aromatic carbocycles. The highest BCUT2D eigenvalue weighted by atomic mass is 16.3. The van der Waals surface area contributed by atoms with Gasteiger partial charge in [0.1, 0.15) is 11.2 Å². The molecule has 40 heavy (non-hydrogen) atoms. The molecule has 0 saturated carbocycles. The quantitative estimate of drug-likeness (QED) is 0.209. The molecule has 0 spiro atoms. The van der Waals surface area contributed by atoms with Gasteiger partial charge in [-0.25, -0.2) is 0 Å². The molecule has 0 saturated heterocycles. The van der Waals surface area contributed by atoms with Gasteiger partial charge in [-0.15, -0.1) is 0 Å². The van der Waals surface area contributed by atoms with Crippen molar-refractivity contribution in [3.8, 4) is 22.3 Å². The minimum Gasteiger partial charge on any atom is -0.455 e. The molecule has 0 aliphatic heterocycles. The van der Waals surface area contributed by atoms with Gasteiger partial charge in [0.2, 0.25) is 0 Å². The largest absolute Gasteiger partial charge is 0.455 e. The van der Waals surface area contributed by atoms with E-state index in [4.69, 9.17) is 4.42 Å². The number of fused-ring (bicyclic) bond motifs is 3. The molecule has 0 aliphatic carbocycles. The van der Waals surface area contributed by atoms with E-state index in [-0.39, 0.29) is 5.41 Å². The highest BCUT2D eigenvalue weighted by Gasteiger charge is 2.19. The van der Waals surface area contributed by atoms with Crippen LogP contribution in [-0.2, 0) is 5.41 Å². The molecule has 0 aliphatic rings. The second kappa shape index (κ2) is 8.19. The molecule has 1 heteroatoms. The minimum atomic E-state index is 0.111. The number of furan rings is 1. The Labute approximate surface area is 234 Å². The zero-order valence-corrected chi connectivity index (χ0v) is 23.3. The topological polar surface area (TPSA) is 13.1 Å². The number of para-hydroxylation sites is 2. The van der Waals surface area contributed by atoms with Crippen molar-refractivity contribution < 1.29 is 4.42 Å². The van der Waals surface area contributed by atoms with Crippen molar-refractivity contribution in [2.45, 2.75) is 33.1 Å². The first-order valence-electron chi connectivity index (χ1n) is 14.1. The second-order valence-electron chi connectivity index (χ2n) is 12.2. The van der Waals surface area contributed by atoms with E-state index in [9.17, 15) is 0 Å². The number of benzene rings is 7. The molecule has 0 radical (unpaired) electrons. The summed E-state index contributed by atoms with van der Waals surface area (Å²) < 4.78 is 6.32. The third-order valence-corrected chi connectivity index (χ3v) is 8.70. The third kappa shape index (κ3) is 3.34. The van der Waals surface area contributed by atoms with Crippen LogP contribution in [0.2, 0.25) is 0 Å². The standard InChI is InChI=1S/C39H30O/c1-23-20-34(32-19-17-27-22-28(39(2,3)4)21-26-16-18-29(23)37(32)36(26)27)25-14-12-24(13-15-25)30-9-7-10-33-31-8-5-6-11-35(31)40-38(30)33/h5-22H,1-4H3. The van der Waals surface area contributed by atoms with Crippen LogP contribution < -0.4 is 0 Å². The Morgan fingerprint density at radius 1 is 0.525 bits per heavy atom. The Balaban J connectivity index is 1.30. The fourth-order valence-corrected chi connectivity index (χ4v) is 6.57. The molecule has 1 nitrogen and oxygen atoms in total. The molecule has 0 amide bonds. The zero-order chi connectivity index (χ0) is 27.2. The highest BCUT2D eigenvalue weighted by Crippen LogP contribution is 2.43. The Kier molecular flexibility index (Phi) is 4.77. The van der Waals surface area contributed by atoms with Crippen molar-refractivity contribution >= 4 is 54.3 Å². The van der Waals surface area contributed by atoms with Crippen LogP contribution in [0.15, 0.2) is 114 Å². The SMILES string of the molecule is Cc1cc(-c2ccc(-c3cccc4c3oc3ccccc34)cc2)c2ccc3cc(C(C)(C)C)cc4ccc1c2c43. The maximum absolute atomic E-state index is 6.32. The predicted molar refractivity (Wildman–Crippen MR) is 172 cm³/mol. The Morgan fingerprint density at radius 3 is 1.90 bits per heavy atom. The lowest BCUT2D eigenvalue weighted by molar-refractivity contribution is 0.591. The first-order valence-corrected chi connectivity index (χ1v) is 14.1. The maximum atomic E-state index is 6.32. The van der Waals surface area contributed by atoms with Crippen molar-refractivity contribution in [2.24, 2.45) is 0 Å². The molecule has 0 N–H and O–H groups in total. The van der Waals surface area contributed by atoms with E-state index in [1.165, 1.54) is 54.6 Å². The summed E-state index contributed by atoms with van der Waals surface area (Å²) in [4.78, 5) is 0. The second-order valence-corrected chi connectivity index (χ2v) is 12.2. The van der Waals surface area contributed by atoms with Gasteiger partial charge in [0.25, 0.3) is 0 Å². The average Bonchev–Trinajstić information content (AvgIpc) is 3.35. The molecule has 1 heterocycles. The van der Waals surface area contributed by atoms with Crippen molar-refractivity contribution in [2.75, 3.05) is 0 Å². The van der Waals surface area contributed by atoms with Crippen LogP contribution >= 0.6 is 0 Å². The van der Waals surface area contributed by atoms with Gasteiger partial charge in [0.05, 0.1) is 0 Å². The number of hydrogen-bond donors (Lipinski definition) is 0. The van der Waals surface area contributed by atoms with Crippen LogP contribution in [0, 0.1) is 6.92 Å². The highest BCUT2D eigenvalue weighted by molar-refractivity contribution is 6.26. The van der Waals surface area contributed by atoms with Gasteiger partial charge in [0.15, 0.2) is 0 Å². The van der Waals surface area contributed by atoms with E-state index in [0.29, 0.717) is 0 Å². The summed E-state index contributed by atoms with van der Waals surface area (Å²) in [7, 11) is 0. The molecule has 0 fully saturated rings. The first-order chi connectivity index (χ1) is 19.4. The normalized spacial score (nSPS) is 12.5. The minimum absolute atomic E-state index is 0.111. The smallest absolute Gasteiger partial charge is 0.143 e. The van der Waals surface area contributed by atoms with Gasteiger partial charge in [-0.3, -0.25) is 0 Å². The van der Waals surface area contributed by atoms with Crippen molar-refractivity contribution in [1.29, 1.82) is 0 Å². The van der Waals surface area contributed by atoms with E-state index in [1.54, 1.807) is 0 Å². The van der Waals surface area contributed by atoms with Crippen molar-refractivity contribution in [3.63, 3.8) is 0 Å². The van der Waals surface area contributed by atoms with Gasteiger partial charge in [-0.2, -0.15) is 0 Å². The third-order valence-electron chi connectivity index (χ3n) is 8.70. The van der Waals surface area contributed by atoms with Crippen LogP contribution in [-0.4, -0.2) is 0 Å². The average molecular weight is 515 g/mol. The van der Waals surface area contributed by atoms with E-state index in [1.807, 2.05) is 12.1 Å². The van der Waals surface area contributed by atoms with E-state index in [0.717, 1.165) is 33.1 Å². The lowest BCUT2D eigenvalue weighted by Crippen LogP contribution is -2.10. The van der Waals surface area contributed by atoms with Crippen LogP contribution in [0.4, 0.5) is 0 Å². The summed E-state index contributed by atoms with van der Waals surface area (Å²) in [6.45, 7) is 9.12. The molecular formula is C39H30O.